The van der Waals surface area contributed by atoms with Crippen LogP contribution in [0, 0.1) is 0 Å². The molecule has 0 aliphatic rings. The van der Waals surface area contributed by atoms with Crippen molar-refractivity contribution < 1.29 is 9.90 Å². The van der Waals surface area contributed by atoms with Crippen molar-refractivity contribution in [2.45, 2.75) is 13.1 Å². The molecule has 1 aromatic heterocycles. The molecule has 1 heterocycles. The van der Waals surface area contributed by atoms with E-state index in [1.807, 2.05) is 36.4 Å². The molecular weight excluding hydrogens is 360 g/mol. The number of aliphatic hydroxyl groups is 1. The number of nitrogens with zero attached hydrogens (tertiary/aromatic N) is 2. The largest absolute Gasteiger partial charge is 0.387 e. The third-order valence-electron chi connectivity index (χ3n) is 4.24. The van der Waals surface area contributed by atoms with Gasteiger partial charge in [-0.15, -0.1) is 0 Å². The van der Waals surface area contributed by atoms with Gasteiger partial charge >= 0.3 is 5.69 Å². The summed E-state index contributed by atoms with van der Waals surface area (Å²) >= 11 is 0. The topological polar surface area (TPSA) is 119 Å². The van der Waals surface area contributed by atoms with Crippen LogP contribution in [0.15, 0.2) is 70.3 Å². The number of nitrogen functional groups attached to an aromatic ring is 1. The Balaban J connectivity index is 2.16. The van der Waals surface area contributed by atoms with Gasteiger partial charge in [0, 0.05) is 0 Å². The molecule has 0 unspecified atom stereocenters. The Bertz CT molecular complexity index is 1090. The molecule has 0 aliphatic carbocycles. The maximum Gasteiger partial charge on any atom is 0.333 e. The van der Waals surface area contributed by atoms with E-state index < -0.39 is 23.8 Å². The van der Waals surface area contributed by atoms with Crippen LogP contribution < -0.4 is 22.3 Å². The summed E-state index contributed by atoms with van der Waals surface area (Å²) in [4.78, 5) is 37.5. The fourth-order valence-corrected chi connectivity index (χ4v) is 2.84. The maximum atomic E-state index is 13.0. The standard InChI is InChI=1S/C20H20N4O4/c21-18-17(22-16(26)13-25)19(27)24(12-15-9-5-2-6-10-15)20(28)23(18)11-14-7-3-1-4-8-14/h1-10,25H,11-13,21H2,(H,22,26). The first kappa shape index (κ1) is 19.1. The first-order valence-electron chi connectivity index (χ1n) is 8.63. The molecule has 0 saturated heterocycles. The molecule has 0 aliphatic heterocycles. The molecule has 0 atom stereocenters. The fraction of sp³-hybridized carbons (Fsp3) is 0.150. The number of aliphatic hydroxyl groups excluding tert-OH is 1. The number of amides is 1. The number of carbonyl (C=O) groups is 1. The molecule has 0 radical (unpaired) electrons. The Morgan fingerprint density at radius 2 is 1.39 bits per heavy atom. The van der Waals surface area contributed by atoms with Crippen LogP contribution in [0.2, 0.25) is 0 Å². The number of hydrogen-bond acceptors (Lipinski definition) is 5. The summed E-state index contributed by atoms with van der Waals surface area (Å²) in [6.07, 6.45) is 0. The van der Waals surface area contributed by atoms with Crippen LogP contribution in [0.5, 0.6) is 0 Å². The summed E-state index contributed by atoms with van der Waals surface area (Å²) < 4.78 is 2.24. The second-order valence-electron chi connectivity index (χ2n) is 6.20. The van der Waals surface area contributed by atoms with Gasteiger partial charge in [-0.2, -0.15) is 0 Å². The SMILES string of the molecule is Nc1c(NC(=O)CO)c(=O)n(Cc2ccccc2)c(=O)n1Cc1ccccc1. The van der Waals surface area contributed by atoms with Crippen molar-refractivity contribution in [3.8, 4) is 0 Å². The molecule has 3 rings (SSSR count). The van der Waals surface area contributed by atoms with E-state index in [1.54, 1.807) is 24.3 Å². The molecule has 0 fully saturated rings. The van der Waals surface area contributed by atoms with E-state index in [-0.39, 0.29) is 24.6 Å². The summed E-state index contributed by atoms with van der Waals surface area (Å²) in [6.45, 7) is -0.659. The molecule has 2 aromatic carbocycles. The van der Waals surface area contributed by atoms with Crippen LogP contribution in [0.4, 0.5) is 11.5 Å². The summed E-state index contributed by atoms with van der Waals surface area (Å²) in [6, 6.07) is 18.1. The summed E-state index contributed by atoms with van der Waals surface area (Å²) in [5.41, 5.74) is 6.06. The third kappa shape index (κ3) is 4.02. The van der Waals surface area contributed by atoms with Gasteiger partial charge in [-0.1, -0.05) is 60.7 Å². The van der Waals surface area contributed by atoms with Crippen molar-refractivity contribution in [1.29, 1.82) is 0 Å². The lowest BCUT2D eigenvalue weighted by Gasteiger charge is -2.17. The van der Waals surface area contributed by atoms with Crippen LogP contribution in [0.3, 0.4) is 0 Å². The van der Waals surface area contributed by atoms with Crippen LogP contribution in [0.25, 0.3) is 0 Å². The minimum atomic E-state index is -0.810. The zero-order valence-electron chi connectivity index (χ0n) is 15.0. The van der Waals surface area contributed by atoms with Crippen molar-refractivity contribution in [3.63, 3.8) is 0 Å². The molecule has 0 bridgehead atoms. The fourth-order valence-electron chi connectivity index (χ4n) is 2.84. The molecule has 144 valence electrons. The molecule has 3 aromatic rings. The van der Waals surface area contributed by atoms with Crippen molar-refractivity contribution in [3.05, 3.63) is 92.6 Å². The molecule has 0 saturated carbocycles. The number of benzene rings is 2. The molecule has 1 amide bonds. The Hall–Kier alpha value is -3.65. The van der Waals surface area contributed by atoms with Crippen molar-refractivity contribution in [1.82, 2.24) is 9.13 Å². The van der Waals surface area contributed by atoms with E-state index >= 15 is 0 Å². The van der Waals surface area contributed by atoms with E-state index in [2.05, 4.69) is 5.32 Å². The number of rotatable bonds is 6. The van der Waals surface area contributed by atoms with Gasteiger partial charge in [-0.3, -0.25) is 18.7 Å². The zero-order valence-corrected chi connectivity index (χ0v) is 15.0. The number of aromatic nitrogens is 2. The van der Waals surface area contributed by atoms with Crippen molar-refractivity contribution >= 4 is 17.4 Å². The van der Waals surface area contributed by atoms with Crippen LogP contribution in [0.1, 0.15) is 11.1 Å². The molecule has 8 heteroatoms. The first-order chi connectivity index (χ1) is 13.5. The number of hydrogen-bond donors (Lipinski definition) is 3. The zero-order chi connectivity index (χ0) is 20.1. The average Bonchev–Trinajstić information content (AvgIpc) is 2.73. The molecule has 0 spiro atoms. The lowest BCUT2D eigenvalue weighted by molar-refractivity contribution is -0.118. The van der Waals surface area contributed by atoms with Gasteiger partial charge in [0.2, 0.25) is 5.91 Å². The van der Waals surface area contributed by atoms with Gasteiger partial charge in [-0.05, 0) is 11.1 Å². The van der Waals surface area contributed by atoms with E-state index in [4.69, 9.17) is 10.8 Å². The Kier molecular flexibility index (Phi) is 5.71. The smallest absolute Gasteiger partial charge is 0.333 e. The number of carbonyl (C=O) groups excluding carboxylic acids is 1. The van der Waals surface area contributed by atoms with Gasteiger partial charge in [-0.25, -0.2) is 4.79 Å². The van der Waals surface area contributed by atoms with Gasteiger partial charge in [0.15, 0.2) is 0 Å². The molecular formula is C20H20N4O4. The van der Waals surface area contributed by atoms with Crippen molar-refractivity contribution in [2.75, 3.05) is 17.7 Å². The highest BCUT2D eigenvalue weighted by Crippen LogP contribution is 2.13. The normalized spacial score (nSPS) is 10.6. The second kappa shape index (κ2) is 8.36. The number of nitrogens with one attached hydrogen (secondary N) is 1. The Morgan fingerprint density at radius 3 is 1.89 bits per heavy atom. The highest BCUT2D eigenvalue weighted by Gasteiger charge is 2.19. The van der Waals surface area contributed by atoms with Gasteiger partial charge < -0.3 is 16.2 Å². The monoisotopic (exact) mass is 380 g/mol. The lowest BCUT2D eigenvalue weighted by Crippen LogP contribution is -2.43. The minimum Gasteiger partial charge on any atom is -0.387 e. The summed E-state index contributed by atoms with van der Waals surface area (Å²) in [5.74, 6) is -0.954. The molecule has 4 N–H and O–H groups in total. The molecule has 8 nitrogen and oxygen atoms in total. The average molecular weight is 380 g/mol. The Morgan fingerprint density at radius 1 is 0.893 bits per heavy atom. The predicted octanol–water partition coefficient (Wildman–Crippen LogP) is 0.620. The third-order valence-corrected chi connectivity index (χ3v) is 4.24. The van der Waals surface area contributed by atoms with Gasteiger partial charge in [0.25, 0.3) is 5.56 Å². The van der Waals surface area contributed by atoms with E-state index in [1.165, 1.54) is 4.57 Å². The lowest BCUT2D eigenvalue weighted by atomic mass is 10.2. The van der Waals surface area contributed by atoms with E-state index in [0.717, 1.165) is 15.7 Å². The van der Waals surface area contributed by atoms with Gasteiger partial charge in [0.1, 0.15) is 18.1 Å². The van der Waals surface area contributed by atoms with Gasteiger partial charge in [0.05, 0.1) is 13.1 Å². The van der Waals surface area contributed by atoms with E-state index in [0.29, 0.717) is 0 Å². The number of nitrogens with two attached hydrogens (primary N) is 1. The van der Waals surface area contributed by atoms with E-state index in [9.17, 15) is 14.4 Å². The van der Waals surface area contributed by atoms with Crippen LogP contribution in [-0.2, 0) is 17.9 Å². The highest BCUT2D eigenvalue weighted by atomic mass is 16.3. The maximum absolute atomic E-state index is 13.0. The van der Waals surface area contributed by atoms with Crippen LogP contribution in [-0.4, -0.2) is 26.8 Å². The first-order valence-corrected chi connectivity index (χ1v) is 8.63. The Labute approximate surface area is 160 Å². The van der Waals surface area contributed by atoms with Crippen molar-refractivity contribution in [2.24, 2.45) is 0 Å². The highest BCUT2D eigenvalue weighted by molar-refractivity contribution is 5.93. The second-order valence-corrected chi connectivity index (χ2v) is 6.20. The molecule has 28 heavy (non-hydrogen) atoms. The minimum absolute atomic E-state index is 0.0234. The van der Waals surface area contributed by atoms with Crippen LogP contribution >= 0.6 is 0 Å². The summed E-state index contributed by atoms with van der Waals surface area (Å²) in [7, 11) is 0. The number of anilines is 2. The predicted molar refractivity (Wildman–Crippen MR) is 106 cm³/mol. The quantitative estimate of drug-likeness (QED) is 0.579. The summed E-state index contributed by atoms with van der Waals surface area (Å²) in [5, 5.41) is 11.3.